The van der Waals surface area contributed by atoms with Crippen LogP contribution in [0.4, 0.5) is 0 Å². The van der Waals surface area contributed by atoms with Crippen molar-refractivity contribution < 1.29 is 13.2 Å². The summed E-state index contributed by atoms with van der Waals surface area (Å²) in [6, 6.07) is 3.02. The van der Waals surface area contributed by atoms with E-state index in [0.29, 0.717) is 13.0 Å². The van der Waals surface area contributed by atoms with Gasteiger partial charge in [-0.1, -0.05) is 0 Å². The number of hydrogen-bond acceptors (Lipinski definition) is 4. The molecule has 0 radical (unpaired) electrons. The van der Waals surface area contributed by atoms with Crippen LogP contribution < -0.4 is 5.32 Å². The van der Waals surface area contributed by atoms with Crippen molar-refractivity contribution in [2.75, 3.05) is 0 Å². The Bertz CT molecular complexity index is 398. The topological polar surface area (TPSA) is 63.2 Å². The Morgan fingerprint density at radius 3 is 2.69 bits per heavy atom. The molecule has 72 valence electrons. The minimum atomic E-state index is -3.63. The van der Waals surface area contributed by atoms with Gasteiger partial charge in [-0.2, -0.15) is 0 Å². The largest absolute Gasteiger partial charge is 0.354 e. The Balaban J connectivity index is 2.81. The lowest BCUT2D eigenvalue weighted by molar-refractivity contribution is -0.109. The van der Waals surface area contributed by atoms with Gasteiger partial charge in [-0.25, -0.2) is 8.42 Å². The van der Waals surface area contributed by atoms with Crippen LogP contribution in [0.25, 0.3) is 0 Å². The predicted molar refractivity (Wildman–Crippen MR) is 50.3 cm³/mol. The molecule has 0 aliphatic heterocycles. The molecule has 1 aromatic heterocycles. The minimum absolute atomic E-state index is 0.0943. The maximum Gasteiger partial charge on any atom is 0.270 e. The molecule has 1 N–H and O–H groups in total. The van der Waals surface area contributed by atoms with Crippen LogP contribution in [0.1, 0.15) is 4.88 Å². The number of thiophene rings is 1. The molecule has 0 aromatic carbocycles. The van der Waals surface area contributed by atoms with Crippen molar-refractivity contribution in [1.29, 1.82) is 0 Å². The molecule has 1 amide bonds. The summed E-state index contributed by atoms with van der Waals surface area (Å²) < 4.78 is 21.7. The third-order valence-corrected chi connectivity index (χ3v) is 4.41. The van der Waals surface area contributed by atoms with Gasteiger partial charge in [0.1, 0.15) is 4.21 Å². The zero-order chi connectivity index (χ0) is 9.90. The van der Waals surface area contributed by atoms with Crippen LogP contribution in [0, 0.1) is 0 Å². The van der Waals surface area contributed by atoms with Gasteiger partial charge in [0.2, 0.25) is 6.41 Å². The minimum Gasteiger partial charge on any atom is -0.354 e. The van der Waals surface area contributed by atoms with E-state index in [1.807, 2.05) is 0 Å². The van der Waals surface area contributed by atoms with Crippen LogP contribution in [-0.4, -0.2) is 14.8 Å². The quantitative estimate of drug-likeness (QED) is 0.628. The fourth-order valence-electron chi connectivity index (χ4n) is 0.727. The Kier molecular flexibility index (Phi) is 3.29. The van der Waals surface area contributed by atoms with Crippen LogP contribution in [0.2, 0.25) is 0 Å². The summed E-state index contributed by atoms with van der Waals surface area (Å²) in [6.45, 7) is 0.320. The lowest BCUT2D eigenvalue weighted by Crippen LogP contribution is -2.07. The molecule has 7 heteroatoms. The molecule has 0 saturated heterocycles. The molecule has 0 unspecified atom stereocenters. The molecule has 0 spiro atoms. The maximum atomic E-state index is 10.8. The fraction of sp³-hybridized carbons (Fsp3) is 0.167. The second-order valence-electron chi connectivity index (χ2n) is 2.16. The molecule has 0 fully saturated rings. The molecule has 0 saturated carbocycles. The number of carbonyl (C=O) groups is 1. The molecule has 1 heterocycles. The first-order valence-electron chi connectivity index (χ1n) is 3.24. The van der Waals surface area contributed by atoms with Gasteiger partial charge in [-0.15, -0.1) is 11.3 Å². The van der Waals surface area contributed by atoms with E-state index in [9.17, 15) is 13.2 Å². The smallest absolute Gasteiger partial charge is 0.270 e. The Labute approximate surface area is 83.9 Å². The van der Waals surface area contributed by atoms with E-state index in [4.69, 9.17) is 10.7 Å². The van der Waals surface area contributed by atoms with Gasteiger partial charge in [0.25, 0.3) is 9.05 Å². The maximum absolute atomic E-state index is 10.8. The molecular weight excluding hydrogens is 234 g/mol. The lowest BCUT2D eigenvalue weighted by Gasteiger charge is -1.91. The number of rotatable bonds is 4. The second kappa shape index (κ2) is 4.08. The third-order valence-electron chi connectivity index (χ3n) is 1.24. The number of carbonyl (C=O) groups excluding carboxylic acids is 1. The molecule has 1 rings (SSSR count). The van der Waals surface area contributed by atoms with Gasteiger partial charge in [-0.3, -0.25) is 4.79 Å². The Morgan fingerprint density at radius 1 is 1.54 bits per heavy atom. The monoisotopic (exact) mass is 239 g/mol. The molecule has 0 aliphatic rings. The molecule has 1 aromatic rings. The normalized spacial score (nSPS) is 11.2. The summed E-state index contributed by atoms with van der Waals surface area (Å²) in [5, 5.41) is 2.42. The van der Waals surface area contributed by atoms with Crippen LogP contribution in [0.15, 0.2) is 16.3 Å². The zero-order valence-electron chi connectivity index (χ0n) is 6.36. The highest BCUT2D eigenvalue weighted by atomic mass is 35.7. The third kappa shape index (κ3) is 2.98. The van der Waals surface area contributed by atoms with Crippen molar-refractivity contribution in [1.82, 2.24) is 5.32 Å². The van der Waals surface area contributed by atoms with Crippen molar-refractivity contribution >= 4 is 37.5 Å². The van der Waals surface area contributed by atoms with Gasteiger partial charge in [-0.05, 0) is 12.1 Å². The first-order chi connectivity index (χ1) is 6.04. The molecule has 4 nitrogen and oxygen atoms in total. The van der Waals surface area contributed by atoms with Crippen molar-refractivity contribution in [2.24, 2.45) is 0 Å². The van der Waals surface area contributed by atoms with Crippen molar-refractivity contribution in [3.8, 4) is 0 Å². The standard InChI is InChI=1S/C6H6ClNO3S2/c7-13(10,11)6-2-1-5(12-6)3-8-4-9/h1-2,4H,3H2,(H,8,9). The van der Waals surface area contributed by atoms with Gasteiger partial charge in [0.15, 0.2) is 0 Å². The summed E-state index contributed by atoms with van der Waals surface area (Å²) in [6.07, 6.45) is 0.550. The summed E-state index contributed by atoms with van der Waals surface area (Å²) in [5.41, 5.74) is 0. The second-order valence-corrected chi connectivity index (χ2v) is 6.12. The first-order valence-corrected chi connectivity index (χ1v) is 6.37. The van der Waals surface area contributed by atoms with E-state index >= 15 is 0 Å². The number of halogens is 1. The van der Waals surface area contributed by atoms with Gasteiger partial charge in [0.05, 0.1) is 6.54 Å². The lowest BCUT2D eigenvalue weighted by atomic mass is 10.5. The zero-order valence-corrected chi connectivity index (χ0v) is 8.75. The van der Waals surface area contributed by atoms with Crippen molar-refractivity contribution in [2.45, 2.75) is 10.8 Å². The summed E-state index contributed by atoms with van der Waals surface area (Å²) in [7, 11) is 1.47. The summed E-state index contributed by atoms with van der Waals surface area (Å²) >= 11 is 1.04. The highest BCUT2D eigenvalue weighted by molar-refractivity contribution is 8.15. The Hall–Kier alpha value is -0.590. The number of nitrogens with one attached hydrogen (secondary N) is 1. The van der Waals surface area contributed by atoms with E-state index in [1.165, 1.54) is 6.07 Å². The van der Waals surface area contributed by atoms with Crippen LogP contribution in [0.5, 0.6) is 0 Å². The van der Waals surface area contributed by atoms with Crippen LogP contribution in [-0.2, 0) is 20.4 Å². The highest BCUT2D eigenvalue weighted by Gasteiger charge is 2.12. The fourth-order valence-corrected chi connectivity index (χ4v) is 2.80. The number of hydrogen-bond donors (Lipinski definition) is 1. The molecular formula is C6H6ClNO3S2. The molecule has 0 aliphatic carbocycles. The van der Waals surface area contributed by atoms with E-state index < -0.39 is 9.05 Å². The van der Waals surface area contributed by atoms with Crippen molar-refractivity contribution in [3.63, 3.8) is 0 Å². The summed E-state index contributed by atoms with van der Waals surface area (Å²) in [4.78, 5) is 10.7. The average molecular weight is 240 g/mol. The molecule has 0 atom stereocenters. The summed E-state index contributed by atoms with van der Waals surface area (Å²) in [5.74, 6) is 0. The molecule has 0 bridgehead atoms. The van der Waals surface area contributed by atoms with E-state index in [1.54, 1.807) is 6.07 Å². The van der Waals surface area contributed by atoms with Crippen molar-refractivity contribution in [3.05, 3.63) is 17.0 Å². The van der Waals surface area contributed by atoms with Crippen LogP contribution in [0.3, 0.4) is 0 Å². The SMILES string of the molecule is O=CNCc1ccc(S(=O)(=O)Cl)s1. The van der Waals surface area contributed by atoms with Gasteiger partial charge < -0.3 is 5.32 Å². The number of amides is 1. The molecule has 13 heavy (non-hydrogen) atoms. The van der Waals surface area contributed by atoms with E-state index in [-0.39, 0.29) is 4.21 Å². The average Bonchev–Trinajstić information content (AvgIpc) is 2.47. The van der Waals surface area contributed by atoms with Gasteiger partial charge >= 0.3 is 0 Å². The van der Waals surface area contributed by atoms with Crippen LogP contribution >= 0.6 is 22.0 Å². The highest BCUT2D eigenvalue weighted by Crippen LogP contribution is 2.24. The van der Waals surface area contributed by atoms with Gasteiger partial charge in [0, 0.05) is 15.6 Å². The van der Waals surface area contributed by atoms with E-state index in [0.717, 1.165) is 16.2 Å². The first kappa shape index (κ1) is 10.5. The Morgan fingerprint density at radius 2 is 2.23 bits per heavy atom. The predicted octanol–water partition coefficient (Wildman–Crippen LogP) is 0.922. The van der Waals surface area contributed by atoms with E-state index in [2.05, 4.69) is 5.32 Å².